The summed E-state index contributed by atoms with van der Waals surface area (Å²) in [5, 5.41) is 28.1. The largest absolute Gasteiger partial charge is 0.396 e. The second-order valence-corrected chi connectivity index (χ2v) is 4.27. The van der Waals surface area contributed by atoms with E-state index in [4.69, 9.17) is 19.3 Å². The van der Waals surface area contributed by atoms with Gasteiger partial charge in [-0.3, -0.25) is 0 Å². The lowest BCUT2D eigenvalue weighted by Crippen LogP contribution is -2.43. The van der Waals surface area contributed by atoms with Crippen molar-refractivity contribution in [1.29, 1.82) is 0 Å². The van der Waals surface area contributed by atoms with Gasteiger partial charge in [0.15, 0.2) is 12.1 Å². The van der Waals surface area contributed by atoms with Crippen molar-refractivity contribution in [3.63, 3.8) is 0 Å². The molecule has 0 saturated carbocycles. The fraction of sp³-hybridized carbons (Fsp3) is 1.00. The lowest BCUT2D eigenvalue weighted by molar-refractivity contribution is -0.191. The summed E-state index contributed by atoms with van der Waals surface area (Å²) in [4.78, 5) is 0. The second kappa shape index (κ2) is 5.39. The molecule has 0 aliphatic carbocycles. The third-order valence-corrected chi connectivity index (χ3v) is 2.49. The quantitative estimate of drug-likeness (QED) is 0.542. The van der Waals surface area contributed by atoms with E-state index in [0.717, 1.165) is 0 Å². The molecule has 1 heterocycles. The molecule has 1 unspecified atom stereocenters. The fourth-order valence-corrected chi connectivity index (χ4v) is 1.77. The predicted molar refractivity (Wildman–Crippen MR) is 54.6 cm³/mol. The third-order valence-electron chi connectivity index (χ3n) is 2.49. The number of rotatable bonds is 5. The topological polar surface area (TPSA) is 88.4 Å². The first-order chi connectivity index (χ1) is 7.41. The number of hydrogen-bond donors (Lipinski definition) is 3. The van der Waals surface area contributed by atoms with Crippen molar-refractivity contribution in [3.05, 3.63) is 0 Å². The monoisotopic (exact) mass is 236 g/mol. The smallest absolute Gasteiger partial charge is 0.183 e. The normalized spacial score (nSPS) is 32.6. The Labute approximate surface area is 94.7 Å². The molecule has 0 spiro atoms. The highest BCUT2D eigenvalue weighted by molar-refractivity contribution is 4.88. The molecule has 6 heteroatoms. The predicted octanol–water partition coefficient (Wildman–Crippen LogP) is -0.785. The SMILES string of the molecule is CO[C@@H](O)[C@@H]1OC(C)(C)OC1[C@H](O)CCO. The summed E-state index contributed by atoms with van der Waals surface area (Å²) in [7, 11) is 1.34. The maximum atomic E-state index is 9.76. The number of methoxy groups -OCH3 is 1. The lowest BCUT2D eigenvalue weighted by Gasteiger charge is -2.24. The van der Waals surface area contributed by atoms with E-state index in [1.54, 1.807) is 13.8 Å². The van der Waals surface area contributed by atoms with Crippen molar-refractivity contribution in [1.82, 2.24) is 0 Å². The highest BCUT2D eigenvalue weighted by atomic mass is 16.8. The van der Waals surface area contributed by atoms with Crippen molar-refractivity contribution >= 4 is 0 Å². The first-order valence-electron chi connectivity index (χ1n) is 5.26. The summed E-state index contributed by atoms with van der Waals surface area (Å²) >= 11 is 0. The first kappa shape index (κ1) is 13.8. The van der Waals surface area contributed by atoms with Crippen molar-refractivity contribution in [2.45, 2.75) is 50.7 Å². The van der Waals surface area contributed by atoms with E-state index >= 15 is 0 Å². The Bertz CT molecular complexity index is 219. The molecule has 0 aromatic heterocycles. The van der Waals surface area contributed by atoms with E-state index < -0.39 is 30.4 Å². The van der Waals surface area contributed by atoms with Crippen LogP contribution in [-0.2, 0) is 14.2 Å². The Kier molecular flexibility index (Phi) is 4.66. The van der Waals surface area contributed by atoms with E-state index in [-0.39, 0.29) is 13.0 Å². The summed E-state index contributed by atoms with van der Waals surface area (Å²) < 4.78 is 15.7. The maximum absolute atomic E-state index is 9.76. The minimum atomic E-state index is -1.17. The molecule has 1 fully saturated rings. The van der Waals surface area contributed by atoms with Gasteiger partial charge in [-0.05, 0) is 20.3 Å². The second-order valence-electron chi connectivity index (χ2n) is 4.27. The average Bonchev–Trinajstić information content (AvgIpc) is 2.54. The standard InChI is InChI=1S/C10H20O6/c1-10(2)15-7(6(12)4-5-11)8(16-10)9(13)14-3/h6-9,11-13H,4-5H2,1-3H3/t6-,7?,8-,9-/m1/s1. The zero-order valence-electron chi connectivity index (χ0n) is 9.79. The van der Waals surface area contributed by atoms with Crippen LogP contribution in [0, 0.1) is 0 Å². The van der Waals surface area contributed by atoms with E-state index in [1.807, 2.05) is 0 Å². The van der Waals surface area contributed by atoms with Crippen molar-refractivity contribution < 1.29 is 29.5 Å². The Morgan fingerprint density at radius 2 is 1.81 bits per heavy atom. The molecule has 0 radical (unpaired) electrons. The summed E-state index contributed by atoms with van der Waals surface area (Å²) in [6.07, 6.45) is -3.38. The summed E-state index contributed by atoms with van der Waals surface area (Å²) in [6, 6.07) is 0. The van der Waals surface area contributed by atoms with Crippen LogP contribution in [0.1, 0.15) is 20.3 Å². The molecule has 0 aromatic rings. The Morgan fingerprint density at radius 3 is 2.31 bits per heavy atom. The molecule has 0 amide bonds. The molecule has 0 aromatic carbocycles. The van der Waals surface area contributed by atoms with Crippen LogP contribution in [0.15, 0.2) is 0 Å². The molecular formula is C10H20O6. The van der Waals surface area contributed by atoms with Gasteiger partial charge in [-0.1, -0.05) is 0 Å². The van der Waals surface area contributed by atoms with Gasteiger partial charge in [-0.15, -0.1) is 0 Å². The number of hydrogen-bond acceptors (Lipinski definition) is 6. The Hall–Kier alpha value is -0.240. The average molecular weight is 236 g/mol. The Morgan fingerprint density at radius 1 is 1.25 bits per heavy atom. The van der Waals surface area contributed by atoms with Crippen LogP contribution < -0.4 is 0 Å². The minimum Gasteiger partial charge on any atom is -0.396 e. The van der Waals surface area contributed by atoms with Gasteiger partial charge in [0.1, 0.15) is 12.2 Å². The molecule has 0 bridgehead atoms. The minimum absolute atomic E-state index is 0.156. The highest BCUT2D eigenvalue weighted by Crippen LogP contribution is 2.32. The van der Waals surface area contributed by atoms with Crippen LogP contribution in [0.5, 0.6) is 0 Å². The summed E-state index contributed by atoms with van der Waals surface area (Å²) in [5.41, 5.74) is 0. The van der Waals surface area contributed by atoms with Crippen LogP contribution in [0.3, 0.4) is 0 Å². The summed E-state index contributed by atoms with van der Waals surface area (Å²) in [6.45, 7) is 3.22. The third kappa shape index (κ3) is 3.13. The molecule has 3 N–H and O–H groups in total. The van der Waals surface area contributed by atoms with Gasteiger partial charge < -0.3 is 29.5 Å². The van der Waals surface area contributed by atoms with Gasteiger partial charge in [-0.2, -0.15) is 0 Å². The molecule has 1 rings (SSSR count). The molecule has 1 aliphatic heterocycles. The highest BCUT2D eigenvalue weighted by Gasteiger charge is 2.47. The van der Waals surface area contributed by atoms with Gasteiger partial charge in [0, 0.05) is 13.7 Å². The zero-order chi connectivity index (χ0) is 12.3. The van der Waals surface area contributed by atoms with Gasteiger partial charge in [0.05, 0.1) is 6.10 Å². The molecule has 1 saturated heterocycles. The number of aliphatic hydroxyl groups excluding tert-OH is 3. The first-order valence-corrected chi connectivity index (χ1v) is 5.26. The van der Waals surface area contributed by atoms with Crippen molar-refractivity contribution in [2.24, 2.45) is 0 Å². The maximum Gasteiger partial charge on any atom is 0.183 e. The van der Waals surface area contributed by atoms with Crippen LogP contribution in [0.25, 0.3) is 0 Å². The van der Waals surface area contributed by atoms with Crippen molar-refractivity contribution in [3.8, 4) is 0 Å². The van der Waals surface area contributed by atoms with E-state index in [1.165, 1.54) is 7.11 Å². The fourth-order valence-electron chi connectivity index (χ4n) is 1.77. The molecule has 4 atom stereocenters. The van der Waals surface area contributed by atoms with Gasteiger partial charge >= 0.3 is 0 Å². The van der Waals surface area contributed by atoms with E-state index in [9.17, 15) is 10.2 Å². The van der Waals surface area contributed by atoms with Crippen LogP contribution in [0.4, 0.5) is 0 Å². The zero-order valence-corrected chi connectivity index (χ0v) is 9.79. The van der Waals surface area contributed by atoms with Crippen LogP contribution >= 0.6 is 0 Å². The van der Waals surface area contributed by atoms with E-state index in [0.29, 0.717) is 0 Å². The van der Waals surface area contributed by atoms with Gasteiger partial charge in [-0.25, -0.2) is 0 Å². The molecule has 6 nitrogen and oxygen atoms in total. The lowest BCUT2D eigenvalue weighted by atomic mass is 10.1. The Balaban J connectivity index is 2.71. The van der Waals surface area contributed by atoms with Gasteiger partial charge in [0.2, 0.25) is 0 Å². The molecular weight excluding hydrogens is 216 g/mol. The number of ether oxygens (including phenoxy) is 3. The molecule has 96 valence electrons. The molecule has 16 heavy (non-hydrogen) atoms. The summed E-state index contributed by atoms with van der Waals surface area (Å²) in [5.74, 6) is -0.884. The molecule has 1 aliphatic rings. The number of aliphatic hydroxyl groups is 3. The van der Waals surface area contributed by atoms with Crippen LogP contribution in [-0.4, -0.2) is 59.4 Å². The van der Waals surface area contributed by atoms with E-state index in [2.05, 4.69) is 0 Å². The van der Waals surface area contributed by atoms with Crippen LogP contribution in [0.2, 0.25) is 0 Å². The van der Waals surface area contributed by atoms with Gasteiger partial charge in [0.25, 0.3) is 0 Å². The van der Waals surface area contributed by atoms with Crippen molar-refractivity contribution in [2.75, 3.05) is 13.7 Å².